The molecule has 1 aromatic rings. The van der Waals surface area contributed by atoms with Crippen LogP contribution < -0.4 is 16.6 Å². The first-order valence-corrected chi connectivity index (χ1v) is 8.25. The third-order valence-corrected chi connectivity index (χ3v) is 5.45. The van der Waals surface area contributed by atoms with Crippen LogP contribution in [0.25, 0.3) is 0 Å². The van der Waals surface area contributed by atoms with Crippen molar-refractivity contribution in [3.8, 4) is 0 Å². The van der Waals surface area contributed by atoms with E-state index in [4.69, 9.17) is 0 Å². The van der Waals surface area contributed by atoms with Gasteiger partial charge in [-0.1, -0.05) is 19.3 Å². The van der Waals surface area contributed by atoms with Gasteiger partial charge in [-0.15, -0.1) is 0 Å². The zero-order chi connectivity index (χ0) is 15.7. The van der Waals surface area contributed by atoms with Gasteiger partial charge in [-0.05, 0) is 12.8 Å². The van der Waals surface area contributed by atoms with Crippen LogP contribution in [0.1, 0.15) is 37.8 Å². The molecule has 0 unspecified atom stereocenters. The Balaban J connectivity index is 1.91. The summed E-state index contributed by atoms with van der Waals surface area (Å²) in [4.78, 5) is 26.6. The maximum Gasteiger partial charge on any atom is 0.330 e. The molecule has 1 aliphatic carbocycles. The molecule has 0 bridgehead atoms. The summed E-state index contributed by atoms with van der Waals surface area (Å²) in [5.41, 5.74) is 0.564. The lowest BCUT2D eigenvalue weighted by Gasteiger charge is -2.50. The van der Waals surface area contributed by atoms with Crippen LogP contribution in [0, 0.1) is 0 Å². The van der Waals surface area contributed by atoms with Crippen LogP contribution in [0.4, 0.5) is 0 Å². The highest BCUT2D eigenvalue weighted by atomic mass is 16.2. The molecule has 0 aromatic carbocycles. The second kappa shape index (κ2) is 6.01. The van der Waals surface area contributed by atoms with Crippen molar-refractivity contribution in [3.63, 3.8) is 0 Å². The van der Waals surface area contributed by atoms with Gasteiger partial charge in [0.05, 0.1) is 0 Å². The Morgan fingerprint density at radius 1 is 1.14 bits per heavy atom. The summed E-state index contributed by atoms with van der Waals surface area (Å²) < 4.78 is 2.78. The Bertz CT molecular complexity index is 647. The van der Waals surface area contributed by atoms with Crippen molar-refractivity contribution >= 4 is 0 Å². The molecular weight excluding hydrogens is 280 g/mol. The summed E-state index contributed by atoms with van der Waals surface area (Å²) in [5.74, 6) is 0. The molecule has 22 heavy (non-hydrogen) atoms. The van der Waals surface area contributed by atoms with Gasteiger partial charge >= 0.3 is 5.69 Å². The van der Waals surface area contributed by atoms with Crippen molar-refractivity contribution < 1.29 is 0 Å². The standard InChI is InChI=1S/C16H26N4O2/c1-18-13(10-14(21)19(2)15(18)22)11-20-9-8-17-12-16(20)6-4-3-5-7-16/h10,17H,3-9,11-12H2,1-2H3. The number of rotatable bonds is 2. The SMILES string of the molecule is Cn1c(CN2CCNCC23CCCCC3)cc(=O)n(C)c1=O. The summed E-state index contributed by atoms with van der Waals surface area (Å²) in [5, 5.41) is 3.53. The van der Waals surface area contributed by atoms with Crippen LogP contribution in [-0.4, -0.2) is 39.2 Å². The van der Waals surface area contributed by atoms with Crippen molar-refractivity contribution in [1.82, 2.24) is 19.4 Å². The monoisotopic (exact) mass is 306 g/mol. The first-order valence-electron chi connectivity index (χ1n) is 8.25. The summed E-state index contributed by atoms with van der Waals surface area (Å²) in [7, 11) is 3.29. The lowest BCUT2D eigenvalue weighted by atomic mass is 9.79. The van der Waals surface area contributed by atoms with Crippen LogP contribution in [0.15, 0.2) is 15.7 Å². The molecule has 1 aromatic heterocycles. The maximum atomic E-state index is 12.1. The average Bonchev–Trinajstić information content (AvgIpc) is 2.53. The van der Waals surface area contributed by atoms with E-state index < -0.39 is 0 Å². The lowest BCUT2D eigenvalue weighted by Crippen LogP contribution is -2.61. The van der Waals surface area contributed by atoms with E-state index in [0.717, 1.165) is 29.9 Å². The molecule has 0 radical (unpaired) electrons. The minimum atomic E-state index is -0.240. The minimum absolute atomic E-state index is 0.202. The predicted octanol–water partition coefficient (Wildman–Crippen LogP) is 0.192. The highest BCUT2D eigenvalue weighted by Crippen LogP contribution is 2.35. The van der Waals surface area contributed by atoms with Gasteiger partial charge in [0.2, 0.25) is 0 Å². The molecule has 1 spiro atoms. The summed E-state index contributed by atoms with van der Waals surface area (Å²) in [6.45, 7) is 3.65. The predicted molar refractivity (Wildman–Crippen MR) is 86.0 cm³/mol. The molecule has 2 fully saturated rings. The number of nitrogens with zero attached hydrogens (tertiary/aromatic N) is 3. The van der Waals surface area contributed by atoms with E-state index in [2.05, 4.69) is 10.2 Å². The van der Waals surface area contributed by atoms with E-state index in [9.17, 15) is 9.59 Å². The van der Waals surface area contributed by atoms with E-state index in [1.165, 1.54) is 39.2 Å². The Labute approximate surface area is 130 Å². The second-order valence-corrected chi connectivity index (χ2v) is 6.76. The van der Waals surface area contributed by atoms with Crippen molar-refractivity contribution in [2.24, 2.45) is 14.1 Å². The Kier molecular flexibility index (Phi) is 4.23. The molecule has 6 nitrogen and oxygen atoms in total. The lowest BCUT2D eigenvalue weighted by molar-refractivity contribution is 0.0190. The quantitative estimate of drug-likeness (QED) is 0.847. The fourth-order valence-electron chi connectivity index (χ4n) is 3.96. The normalized spacial score (nSPS) is 22.1. The fraction of sp³-hybridized carbons (Fsp3) is 0.750. The van der Waals surface area contributed by atoms with Crippen LogP contribution in [0.3, 0.4) is 0 Å². The molecule has 0 amide bonds. The summed E-state index contributed by atoms with van der Waals surface area (Å²) in [6.07, 6.45) is 6.28. The van der Waals surface area contributed by atoms with E-state index in [0.29, 0.717) is 6.54 Å². The Hall–Kier alpha value is -1.40. The van der Waals surface area contributed by atoms with Gasteiger partial charge in [0, 0.05) is 57.6 Å². The zero-order valence-electron chi connectivity index (χ0n) is 13.6. The molecule has 0 atom stereocenters. The highest BCUT2D eigenvalue weighted by Gasteiger charge is 2.39. The van der Waals surface area contributed by atoms with Crippen molar-refractivity contribution in [1.29, 1.82) is 0 Å². The van der Waals surface area contributed by atoms with Gasteiger partial charge in [-0.2, -0.15) is 0 Å². The molecule has 1 saturated heterocycles. The third-order valence-electron chi connectivity index (χ3n) is 5.45. The Morgan fingerprint density at radius 3 is 2.59 bits per heavy atom. The fourth-order valence-corrected chi connectivity index (χ4v) is 3.96. The largest absolute Gasteiger partial charge is 0.330 e. The van der Waals surface area contributed by atoms with E-state index in [1.54, 1.807) is 17.7 Å². The van der Waals surface area contributed by atoms with Gasteiger partial charge in [-0.3, -0.25) is 18.8 Å². The third kappa shape index (κ3) is 2.65. The number of aromatic nitrogens is 2. The van der Waals surface area contributed by atoms with Gasteiger partial charge < -0.3 is 5.32 Å². The second-order valence-electron chi connectivity index (χ2n) is 6.76. The van der Waals surface area contributed by atoms with Gasteiger partial charge in [0.25, 0.3) is 5.56 Å². The van der Waals surface area contributed by atoms with Crippen molar-refractivity contribution in [2.75, 3.05) is 19.6 Å². The molecule has 1 aliphatic heterocycles. The molecule has 1 saturated carbocycles. The highest BCUT2D eigenvalue weighted by molar-refractivity contribution is 5.06. The number of hydrogen-bond donors (Lipinski definition) is 1. The average molecular weight is 306 g/mol. The van der Waals surface area contributed by atoms with Crippen LogP contribution in [0.2, 0.25) is 0 Å². The summed E-state index contributed by atoms with van der Waals surface area (Å²) >= 11 is 0. The Morgan fingerprint density at radius 2 is 1.86 bits per heavy atom. The first kappa shape index (κ1) is 15.5. The number of nitrogens with one attached hydrogen (secondary N) is 1. The van der Waals surface area contributed by atoms with Crippen LogP contribution in [0.5, 0.6) is 0 Å². The molecule has 6 heteroatoms. The molecule has 2 heterocycles. The van der Waals surface area contributed by atoms with Gasteiger partial charge in [0.15, 0.2) is 0 Å². The van der Waals surface area contributed by atoms with Gasteiger partial charge in [-0.25, -0.2) is 4.79 Å². The van der Waals surface area contributed by atoms with E-state index in [-0.39, 0.29) is 16.8 Å². The minimum Gasteiger partial charge on any atom is -0.314 e. The molecule has 1 N–H and O–H groups in total. The van der Waals surface area contributed by atoms with Crippen LogP contribution in [-0.2, 0) is 20.6 Å². The smallest absolute Gasteiger partial charge is 0.314 e. The first-order chi connectivity index (χ1) is 10.5. The van der Waals surface area contributed by atoms with E-state index in [1.807, 2.05) is 0 Å². The number of hydrogen-bond acceptors (Lipinski definition) is 4. The van der Waals surface area contributed by atoms with E-state index >= 15 is 0 Å². The molecule has 122 valence electrons. The topological polar surface area (TPSA) is 59.3 Å². The van der Waals surface area contributed by atoms with Crippen LogP contribution >= 0.6 is 0 Å². The van der Waals surface area contributed by atoms with Gasteiger partial charge in [0.1, 0.15) is 0 Å². The maximum absolute atomic E-state index is 12.1. The molecular formula is C16H26N4O2. The van der Waals surface area contributed by atoms with Crippen molar-refractivity contribution in [2.45, 2.75) is 44.2 Å². The zero-order valence-corrected chi connectivity index (χ0v) is 13.6. The molecule has 2 aliphatic rings. The number of piperazine rings is 1. The molecule has 3 rings (SSSR count). The summed E-state index contributed by atoms with van der Waals surface area (Å²) in [6, 6.07) is 1.61. The van der Waals surface area contributed by atoms with Crippen molar-refractivity contribution in [3.05, 3.63) is 32.6 Å².